The van der Waals surface area contributed by atoms with Gasteiger partial charge in [0.2, 0.25) is 0 Å². The fourth-order valence-corrected chi connectivity index (χ4v) is 2.71. The van der Waals surface area contributed by atoms with Crippen LogP contribution in [-0.4, -0.2) is 27.4 Å². The van der Waals surface area contributed by atoms with E-state index in [0.29, 0.717) is 18.1 Å². The van der Waals surface area contributed by atoms with E-state index in [1.54, 1.807) is 24.3 Å². The number of carbonyl (C=O) groups is 1. The van der Waals surface area contributed by atoms with Gasteiger partial charge in [0.25, 0.3) is 5.91 Å². The van der Waals surface area contributed by atoms with E-state index < -0.39 is 0 Å². The zero-order valence-corrected chi connectivity index (χ0v) is 12.8. The molecule has 0 fully saturated rings. The third kappa shape index (κ3) is 3.84. The topological polar surface area (TPSA) is 67.8 Å². The molecular formula is C14H18N4OS. The summed E-state index contributed by atoms with van der Waals surface area (Å²) in [6.07, 6.45) is 1.70. The van der Waals surface area contributed by atoms with Crippen molar-refractivity contribution in [3.8, 4) is 0 Å². The van der Waals surface area contributed by atoms with Crippen LogP contribution in [0.5, 0.6) is 0 Å². The molecule has 0 saturated carbocycles. The molecule has 1 amide bonds. The van der Waals surface area contributed by atoms with Crippen molar-refractivity contribution < 1.29 is 4.79 Å². The molecule has 0 aliphatic carbocycles. The lowest BCUT2D eigenvalue weighted by molar-refractivity contribution is 0.0948. The fourth-order valence-electron chi connectivity index (χ4n) is 1.83. The quantitative estimate of drug-likeness (QED) is 0.915. The summed E-state index contributed by atoms with van der Waals surface area (Å²) in [5.41, 5.74) is 2.33. The summed E-state index contributed by atoms with van der Waals surface area (Å²) in [5, 5.41) is 5.98. The fraction of sp³-hybridized carbons (Fsp3) is 0.429. The highest BCUT2D eigenvalue weighted by molar-refractivity contribution is 7.09. The molecule has 0 aromatic carbocycles. The van der Waals surface area contributed by atoms with E-state index in [1.807, 2.05) is 6.92 Å². The predicted octanol–water partition coefficient (Wildman–Crippen LogP) is 2.08. The Hall–Kier alpha value is -1.82. The van der Waals surface area contributed by atoms with E-state index in [2.05, 4.69) is 32.6 Å². The first-order chi connectivity index (χ1) is 9.58. The summed E-state index contributed by atoms with van der Waals surface area (Å²) in [6.45, 7) is 6.29. The van der Waals surface area contributed by atoms with Gasteiger partial charge in [-0.15, -0.1) is 11.3 Å². The lowest BCUT2D eigenvalue weighted by atomic mass is 10.3. The van der Waals surface area contributed by atoms with Crippen LogP contribution in [0.25, 0.3) is 0 Å². The number of carbonyl (C=O) groups excluding carboxylic acids is 1. The molecule has 0 atom stereocenters. The lowest BCUT2D eigenvalue weighted by Gasteiger charge is -2.05. The largest absolute Gasteiger partial charge is 0.350 e. The summed E-state index contributed by atoms with van der Waals surface area (Å²) in [7, 11) is 0. The van der Waals surface area contributed by atoms with Crippen molar-refractivity contribution in [1.29, 1.82) is 0 Å². The molecule has 0 radical (unpaired) electrons. The molecule has 0 aliphatic rings. The highest BCUT2D eigenvalue weighted by atomic mass is 32.1. The number of amides is 1. The number of nitrogens with one attached hydrogen (secondary N) is 1. The molecule has 2 aromatic rings. The molecular weight excluding hydrogens is 272 g/mol. The minimum Gasteiger partial charge on any atom is -0.350 e. The molecule has 2 rings (SSSR count). The maximum absolute atomic E-state index is 12.0. The van der Waals surface area contributed by atoms with Crippen LogP contribution >= 0.6 is 11.3 Å². The number of rotatable bonds is 5. The van der Waals surface area contributed by atoms with Crippen LogP contribution in [-0.2, 0) is 12.8 Å². The van der Waals surface area contributed by atoms with Crippen LogP contribution in [0.3, 0.4) is 0 Å². The number of hydrogen-bond donors (Lipinski definition) is 1. The van der Waals surface area contributed by atoms with Crippen LogP contribution in [0.15, 0.2) is 11.4 Å². The van der Waals surface area contributed by atoms with Crippen molar-refractivity contribution >= 4 is 17.2 Å². The van der Waals surface area contributed by atoms with E-state index in [0.717, 1.165) is 29.2 Å². The Balaban J connectivity index is 1.88. The SMILES string of the molecule is CCc1csc(CCNC(=O)c2cc(C)nc(C)n2)n1. The lowest BCUT2D eigenvalue weighted by Crippen LogP contribution is -2.27. The Morgan fingerprint density at radius 3 is 2.75 bits per heavy atom. The van der Waals surface area contributed by atoms with Gasteiger partial charge >= 0.3 is 0 Å². The molecule has 0 spiro atoms. The number of nitrogens with zero attached hydrogens (tertiary/aromatic N) is 3. The zero-order valence-electron chi connectivity index (χ0n) is 11.9. The van der Waals surface area contributed by atoms with E-state index in [1.165, 1.54) is 0 Å². The Morgan fingerprint density at radius 1 is 1.30 bits per heavy atom. The molecule has 0 unspecified atom stereocenters. The molecule has 2 heterocycles. The van der Waals surface area contributed by atoms with Crippen molar-refractivity contribution in [2.24, 2.45) is 0 Å². The molecule has 6 heteroatoms. The first kappa shape index (κ1) is 14.6. The maximum atomic E-state index is 12.0. The Morgan fingerprint density at radius 2 is 2.10 bits per heavy atom. The first-order valence-corrected chi connectivity index (χ1v) is 7.50. The van der Waals surface area contributed by atoms with Crippen molar-refractivity contribution in [3.05, 3.63) is 39.4 Å². The van der Waals surface area contributed by atoms with Gasteiger partial charge in [-0.3, -0.25) is 4.79 Å². The summed E-state index contributed by atoms with van der Waals surface area (Å²) in [5.74, 6) is 0.452. The third-order valence-corrected chi connectivity index (χ3v) is 3.74. The van der Waals surface area contributed by atoms with E-state index in [-0.39, 0.29) is 5.91 Å². The summed E-state index contributed by atoms with van der Waals surface area (Å²) in [6, 6.07) is 1.70. The number of hydrogen-bond acceptors (Lipinski definition) is 5. The second-order valence-electron chi connectivity index (χ2n) is 4.53. The van der Waals surface area contributed by atoms with Gasteiger partial charge in [-0.05, 0) is 26.3 Å². The molecule has 2 aromatic heterocycles. The number of thiazole rings is 1. The smallest absolute Gasteiger partial charge is 0.270 e. The standard InChI is InChI=1S/C14H18N4OS/c1-4-11-8-20-13(18-11)5-6-15-14(19)12-7-9(2)16-10(3)17-12/h7-8H,4-6H2,1-3H3,(H,15,19). The highest BCUT2D eigenvalue weighted by Crippen LogP contribution is 2.10. The summed E-state index contributed by atoms with van der Waals surface area (Å²) >= 11 is 1.64. The molecule has 0 bridgehead atoms. The van der Waals surface area contributed by atoms with Gasteiger partial charge < -0.3 is 5.32 Å². The summed E-state index contributed by atoms with van der Waals surface area (Å²) in [4.78, 5) is 24.7. The zero-order chi connectivity index (χ0) is 14.5. The van der Waals surface area contributed by atoms with Crippen molar-refractivity contribution in [2.75, 3.05) is 6.54 Å². The Kier molecular flexibility index (Phi) is 4.79. The molecule has 1 N–H and O–H groups in total. The van der Waals surface area contributed by atoms with Gasteiger partial charge in [0.15, 0.2) is 0 Å². The highest BCUT2D eigenvalue weighted by Gasteiger charge is 2.09. The monoisotopic (exact) mass is 290 g/mol. The first-order valence-electron chi connectivity index (χ1n) is 6.62. The minimum atomic E-state index is -0.161. The van der Waals surface area contributed by atoms with E-state index in [4.69, 9.17) is 0 Å². The Bertz CT molecular complexity index is 589. The Labute approximate surface area is 122 Å². The van der Waals surface area contributed by atoms with Crippen molar-refractivity contribution in [3.63, 3.8) is 0 Å². The predicted molar refractivity (Wildman–Crippen MR) is 79.0 cm³/mol. The number of aromatic nitrogens is 3. The van der Waals surface area contributed by atoms with Crippen molar-refractivity contribution in [1.82, 2.24) is 20.3 Å². The van der Waals surface area contributed by atoms with Crippen LogP contribution in [0.1, 0.15) is 39.6 Å². The molecule has 106 valence electrons. The molecule has 5 nitrogen and oxygen atoms in total. The minimum absolute atomic E-state index is 0.161. The van der Waals surface area contributed by atoms with Crippen LogP contribution in [0.2, 0.25) is 0 Å². The maximum Gasteiger partial charge on any atom is 0.270 e. The third-order valence-electron chi connectivity index (χ3n) is 2.78. The van der Waals surface area contributed by atoms with Gasteiger partial charge in [0.05, 0.1) is 10.7 Å². The van der Waals surface area contributed by atoms with Gasteiger partial charge in [0, 0.05) is 24.0 Å². The molecule has 0 aliphatic heterocycles. The summed E-state index contributed by atoms with van der Waals surface area (Å²) < 4.78 is 0. The average molecular weight is 290 g/mol. The van der Waals surface area contributed by atoms with Gasteiger partial charge in [-0.25, -0.2) is 15.0 Å². The van der Waals surface area contributed by atoms with Crippen molar-refractivity contribution in [2.45, 2.75) is 33.6 Å². The molecule has 20 heavy (non-hydrogen) atoms. The van der Waals surface area contributed by atoms with Gasteiger partial charge in [0.1, 0.15) is 11.5 Å². The second-order valence-corrected chi connectivity index (χ2v) is 5.48. The van der Waals surface area contributed by atoms with Crippen LogP contribution in [0, 0.1) is 13.8 Å². The van der Waals surface area contributed by atoms with Crippen LogP contribution < -0.4 is 5.32 Å². The van der Waals surface area contributed by atoms with E-state index >= 15 is 0 Å². The number of aryl methyl sites for hydroxylation is 3. The van der Waals surface area contributed by atoms with Gasteiger partial charge in [-0.1, -0.05) is 6.92 Å². The normalized spacial score (nSPS) is 10.6. The van der Waals surface area contributed by atoms with Gasteiger partial charge in [-0.2, -0.15) is 0 Å². The second kappa shape index (κ2) is 6.56. The van der Waals surface area contributed by atoms with Crippen LogP contribution in [0.4, 0.5) is 0 Å². The molecule has 0 saturated heterocycles. The average Bonchev–Trinajstić information content (AvgIpc) is 2.85. The van der Waals surface area contributed by atoms with E-state index in [9.17, 15) is 4.79 Å².